The van der Waals surface area contributed by atoms with Gasteiger partial charge in [-0.3, -0.25) is 14.3 Å². The predicted molar refractivity (Wildman–Crippen MR) is 135 cm³/mol. The summed E-state index contributed by atoms with van der Waals surface area (Å²) in [6, 6.07) is 17.4. The van der Waals surface area contributed by atoms with Gasteiger partial charge in [-0.05, 0) is 67.8 Å². The first-order chi connectivity index (χ1) is 17.0. The molecule has 8 heteroatoms. The summed E-state index contributed by atoms with van der Waals surface area (Å²) in [6.45, 7) is 5.79. The molecule has 0 atom stereocenters. The molecule has 0 bridgehead atoms. The maximum Gasteiger partial charge on any atom is 0.276 e. The number of hydrogen-bond acceptors (Lipinski definition) is 5. The second-order valence-corrected chi connectivity index (χ2v) is 9.27. The van der Waals surface area contributed by atoms with Crippen molar-refractivity contribution in [2.45, 2.75) is 26.3 Å². The van der Waals surface area contributed by atoms with Crippen LogP contribution in [0.15, 0.2) is 54.6 Å². The molecule has 1 aliphatic heterocycles. The van der Waals surface area contributed by atoms with Gasteiger partial charge in [0.05, 0.1) is 13.7 Å². The molecule has 1 N–H and O–H groups in total. The Hall–Kier alpha value is -3.81. The third-order valence-electron chi connectivity index (χ3n) is 6.69. The van der Waals surface area contributed by atoms with Crippen LogP contribution in [0.5, 0.6) is 5.75 Å². The van der Waals surface area contributed by atoms with Gasteiger partial charge >= 0.3 is 0 Å². The zero-order valence-corrected chi connectivity index (χ0v) is 20.2. The number of rotatable bonds is 7. The quantitative estimate of drug-likeness (QED) is 0.568. The molecule has 2 aromatic carbocycles. The Balaban J connectivity index is 1.21. The fraction of sp³-hybridized carbons (Fsp3) is 0.370. The number of anilines is 2. The van der Waals surface area contributed by atoms with Crippen molar-refractivity contribution in [3.63, 3.8) is 0 Å². The van der Waals surface area contributed by atoms with Crippen LogP contribution in [-0.2, 0) is 11.3 Å². The average molecular weight is 474 g/mol. The Kier molecular flexibility index (Phi) is 6.44. The fourth-order valence-corrected chi connectivity index (χ4v) is 4.45. The lowest BCUT2D eigenvalue weighted by molar-refractivity contribution is -0.132. The first-order valence-electron chi connectivity index (χ1n) is 12.1. The zero-order chi connectivity index (χ0) is 24.4. The van der Waals surface area contributed by atoms with Crippen molar-refractivity contribution >= 4 is 23.2 Å². The molecular weight excluding hydrogens is 442 g/mol. The standard InChI is InChI=1S/C27H31N5O3/c1-19-16-25(26(33)28-22-8-10-24(35-2)11-9-22)29-32(19)18-20-4-3-5-23(17-20)30-12-14-31(15-13-30)27(34)21-6-7-21/h3-5,8-11,16-17,21H,6-7,12-15,18H2,1-2H3,(H,28,33). The van der Waals surface area contributed by atoms with E-state index >= 15 is 0 Å². The summed E-state index contributed by atoms with van der Waals surface area (Å²) in [4.78, 5) is 29.4. The molecule has 2 heterocycles. The number of hydrogen-bond donors (Lipinski definition) is 1. The summed E-state index contributed by atoms with van der Waals surface area (Å²) >= 11 is 0. The van der Waals surface area contributed by atoms with E-state index in [-0.39, 0.29) is 11.8 Å². The smallest absolute Gasteiger partial charge is 0.276 e. The summed E-state index contributed by atoms with van der Waals surface area (Å²) in [5.41, 5.74) is 4.26. The van der Waals surface area contributed by atoms with Crippen LogP contribution in [0.3, 0.4) is 0 Å². The first-order valence-corrected chi connectivity index (χ1v) is 12.1. The molecule has 3 aromatic rings. The highest BCUT2D eigenvalue weighted by Crippen LogP contribution is 2.31. The van der Waals surface area contributed by atoms with Gasteiger partial charge in [-0.2, -0.15) is 5.10 Å². The van der Waals surface area contributed by atoms with Gasteiger partial charge in [0.2, 0.25) is 5.91 Å². The number of amides is 2. The van der Waals surface area contributed by atoms with Crippen LogP contribution < -0.4 is 15.0 Å². The van der Waals surface area contributed by atoms with E-state index in [4.69, 9.17) is 4.74 Å². The van der Waals surface area contributed by atoms with E-state index in [1.807, 2.05) is 16.5 Å². The predicted octanol–water partition coefficient (Wildman–Crippen LogP) is 3.56. The lowest BCUT2D eigenvalue weighted by Crippen LogP contribution is -2.49. The van der Waals surface area contributed by atoms with Crippen LogP contribution in [0.1, 0.15) is 34.6 Å². The summed E-state index contributed by atoms with van der Waals surface area (Å²) in [5, 5.41) is 7.43. The van der Waals surface area contributed by atoms with Crippen LogP contribution in [0.25, 0.3) is 0 Å². The van der Waals surface area contributed by atoms with E-state index in [0.717, 1.165) is 61.7 Å². The number of piperazine rings is 1. The third kappa shape index (κ3) is 5.31. The zero-order valence-electron chi connectivity index (χ0n) is 20.2. The van der Waals surface area contributed by atoms with Crippen molar-refractivity contribution in [1.29, 1.82) is 0 Å². The van der Waals surface area contributed by atoms with Crippen molar-refractivity contribution in [1.82, 2.24) is 14.7 Å². The molecule has 1 aliphatic carbocycles. The Morgan fingerprint density at radius 2 is 1.77 bits per heavy atom. The highest BCUT2D eigenvalue weighted by molar-refractivity contribution is 6.02. The first kappa shape index (κ1) is 23.0. The molecule has 0 spiro atoms. The van der Waals surface area contributed by atoms with Crippen molar-refractivity contribution < 1.29 is 14.3 Å². The SMILES string of the molecule is COc1ccc(NC(=O)c2cc(C)n(Cc3cccc(N4CCN(C(=O)C5CC5)CC4)c3)n2)cc1. The monoisotopic (exact) mass is 473 g/mol. The Bertz CT molecular complexity index is 1210. The molecular formula is C27H31N5O3. The second kappa shape index (κ2) is 9.82. The highest BCUT2D eigenvalue weighted by Gasteiger charge is 2.34. The number of ether oxygens (including phenoxy) is 1. The largest absolute Gasteiger partial charge is 0.497 e. The van der Waals surface area contributed by atoms with Crippen LogP contribution in [-0.4, -0.2) is 59.8 Å². The molecule has 1 saturated heterocycles. The van der Waals surface area contributed by atoms with E-state index in [0.29, 0.717) is 23.8 Å². The Morgan fingerprint density at radius 1 is 1.03 bits per heavy atom. The topological polar surface area (TPSA) is 79.7 Å². The lowest BCUT2D eigenvalue weighted by Gasteiger charge is -2.36. The van der Waals surface area contributed by atoms with E-state index in [1.165, 1.54) is 0 Å². The van der Waals surface area contributed by atoms with Gasteiger partial charge in [0.1, 0.15) is 5.75 Å². The Morgan fingerprint density at radius 3 is 2.46 bits per heavy atom. The number of nitrogens with one attached hydrogen (secondary N) is 1. The van der Waals surface area contributed by atoms with Crippen LogP contribution in [0.2, 0.25) is 0 Å². The second-order valence-electron chi connectivity index (χ2n) is 9.27. The number of aryl methyl sites for hydroxylation is 1. The van der Waals surface area contributed by atoms with Crippen molar-refractivity contribution in [3.8, 4) is 5.75 Å². The normalized spacial score (nSPS) is 15.7. The van der Waals surface area contributed by atoms with Gasteiger partial charge in [-0.1, -0.05) is 12.1 Å². The number of carbonyl (C=O) groups excluding carboxylic acids is 2. The molecule has 1 saturated carbocycles. The van der Waals surface area contributed by atoms with Crippen LogP contribution in [0, 0.1) is 12.8 Å². The maximum atomic E-state index is 12.7. The molecule has 182 valence electrons. The summed E-state index contributed by atoms with van der Waals surface area (Å²) in [5.74, 6) is 1.10. The fourth-order valence-electron chi connectivity index (χ4n) is 4.45. The third-order valence-corrected chi connectivity index (χ3v) is 6.69. The molecule has 1 aromatic heterocycles. The van der Waals surface area contributed by atoms with E-state index in [9.17, 15) is 9.59 Å². The minimum absolute atomic E-state index is 0.246. The maximum absolute atomic E-state index is 12.7. The lowest BCUT2D eigenvalue weighted by atomic mass is 10.1. The molecule has 0 unspecified atom stereocenters. The Labute approximate surface area is 205 Å². The van der Waals surface area contributed by atoms with Gasteiger partial charge in [-0.25, -0.2) is 0 Å². The minimum atomic E-state index is -0.246. The molecule has 5 rings (SSSR count). The molecule has 35 heavy (non-hydrogen) atoms. The van der Waals surface area contributed by atoms with Gasteiger partial charge < -0.3 is 19.9 Å². The van der Waals surface area contributed by atoms with Crippen molar-refractivity contribution in [3.05, 3.63) is 71.5 Å². The number of carbonyl (C=O) groups is 2. The number of benzene rings is 2. The number of nitrogens with zero attached hydrogens (tertiary/aromatic N) is 4. The molecule has 2 fully saturated rings. The van der Waals surface area contributed by atoms with Gasteiger partial charge in [0.15, 0.2) is 5.69 Å². The van der Waals surface area contributed by atoms with E-state index < -0.39 is 0 Å². The van der Waals surface area contributed by atoms with Crippen molar-refractivity contribution in [2.75, 3.05) is 43.5 Å². The summed E-state index contributed by atoms with van der Waals surface area (Å²) in [7, 11) is 1.61. The van der Waals surface area contributed by atoms with Gasteiger partial charge in [0, 0.05) is 49.2 Å². The molecule has 2 aliphatic rings. The van der Waals surface area contributed by atoms with E-state index in [2.05, 4.69) is 39.6 Å². The molecule has 0 radical (unpaired) electrons. The van der Waals surface area contributed by atoms with E-state index in [1.54, 1.807) is 37.4 Å². The van der Waals surface area contributed by atoms with Gasteiger partial charge in [-0.15, -0.1) is 0 Å². The molecule has 2 amide bonds. The van der Waals surface area contributed by atoms with Crippen LogP contribution >= 0.6 is 0 Å². The number of aromatic nitrogens is 2. The van der Waals surface area contributed by atoms with Crippen LogP contribution in [0.4, 0.5) is 11.4 Å². The molecule has 8 nitrogen and oxygen atoms in total. The highest BCUT2D eigenvalue weighted by atomic mass is 16.5. The minimum Gasteiger partial charge on any atom is -0.497 e. The summed E-state index contributed by atoms with van der Waals surface area (Å²) in [6.07, 6.45) is 2.11. The number of methoxy groups -OCH3 is 1. The van der Waals surface area contributed by atoms with Crippen molar-refractivity contribution in [2.24, 2.45) is 5.92 Å². The summed E-state index contributed by atoms with van der Waals surface area (Å²) < 4.78 is 7.01. The van der Waals surface area contributed by atoms with Gasteiger partial charge in [0.25, 0.3) is 5.91 Å². The average Bonchev–Trinajstić information content (AvgIpc) is 3.67.